The predicted octanol–water partition coefficient (Wildman–Crippen LogP) is 2.71. The lowest BCUT2D eigenvalue weighted by Crippen LogP contribution is -2.45. The second kappa shape index (κ2) is 9.73. The molecule has 0 aliphatic heterocycles. The number of nitrogens with two attached hydrogens (primary N) is 1. The van der Waals surface area contributed by atoms with E-state index in [1.165, 1.54) is 26.0 Å². The minimum atomic E-state index is -4.79. The highest BCUT2D eigenvalue weighted by Crippen LogP contribution is 2.67. The minimum absolute atomic E-state index is 0.114. The number of sulfonamides is 1. The summed E-state index contributed by atoms with van der Waals surface area (Å²) < 4.78 is 76.4. The summed E-state index contributed by atoms with van der Waals surface area (Å²) in [6.07, 6.45) is 0.697. The second-order valence-electron chi connectivity index (χ2n) is 5.74. The topological polar surface area (TPSA) is 125 Å². The molecule has 0 bridgehead atoms. The van der Waals surface area contributed by atoms with Crippen molar-refractivity contribution in [2.45, 2.75) is 32.0 Å². The van der Waals surface area contributed by atoms with Crippen LogP contribution in [0.15, 0.2) is 22.7 Å². The van der Waals surface area contributed by atoms with Gasteiger partial charge in [0.25, 0.3) is 0 Å². The molecule has 1 aromatic carbocycles. The highest BCUT2D eigenvalue weighted by atomic mass is 79.9. The van der Waals surface area contributed by atoms with E-state index < -0.39 is 40.8 Å². The van der Waals surface area contributed by atoms with Crippen LogP contribution in [0.2, 0.25) is 0 Å². The van der Waals surface area contributed by atoms with Gasteiger partial charge in [-0.2, -0.15) is 8.78 Å². The quantitative estimate of drug-likeness (QED) is 0.444. The number of primary amides is 1. The Bertz CT molecular complexity index is 858. The zero-order valence-corrected chi connectivity index (χ0v) is 18.7. The molecule has 1 amide bonds. The van der Waals surface area contributed by atoms with E-state index in [0.29, 0.717) is 5.56 Å². The molecular weight excluding hydrogens is 485 g/mol. The fourth-order valence-corrected chi connectivity index (χ4v) is 5.42. The van der Waals surface area contributed by atoms with Crippen LogP contribution in [-0.4, -0.2) is 39.8 Å². The van der Waals surface area contributed by atoms with Gasteiger partial charge in [0.15, 0.2) is 0 Å². The van der Waals surface area contributed by atoms with Gasteiger partial charge in [0.05, 0.1) is 19.5 Å². The van der Waals surface area contributed by atoms with E-state index in [1.807, 2.05) is 0 Å². The lowest BCUT2D eigenvalue weighted by Gasteiger charge is -2.27. The molecule has 0 aliphatic rings. The third-order valence-electron chi connectivity index (χ3n) is 3.44. The van der Waals surface area contributed by atoms with Crippen molar-refractivity contribution in [2.24, 2.45) is 5.73 Å². The van der Waals surface area contributed by atoms with Gasteiger partial charge in [-0.05, 0) is 31.9 Å². The molecule has 0 saturated heterocycles. The van der Waals surface area contributed by atoms with Crippen LogP contribution >= 0.6 is 23.5 Å². The third kappa shape index (κ3) is 6.30. The molecule has 160 valence electrons. The van der Waals surface area contributed by atoms with Gasteiger partial charge in [-0.15, -0.1) is 0 Å². The summed E-state index contributed by atoms with van der Waals surface area (Å²) >= 11 is 3.00. The Kier molecular flexibility index (Phi) is 8.73. The molecule has 0 radical (unpaired) electrons. The Balaban J connectivity index is 3.24. The first kappa shape index (κ1) is 25.1. The number of rotatable bonds is 11. The van der Waals surface area contributed by atoms with E-state index in [9.17, 15) is 26.6 Å². The molecule has 0 aliphatic carbocycles. The summed E-state index contributed by atoms with van der Waals surface area (Å²) in [6.45, 7) is 2.36. The van der Waals surface area contributed by atoms with E-state index in [2.05, 4.69) is 20.7 Å². The van der Waals surface area contributed by atoms with E-state index in [4.69, 9.17) is 14.8 Å². The highest BCUT2D eigenvalue weighted by molar-refractivity contribution is 9.10. The first-order chi connectivity index (χ1) is 12.8. The fraction of sp³-hybridized carbons (Fsp3) is 0.533. The van der Waals surface area contributed by atoms with Crippen molar-refractivity contribution in [3.63, 3.8) is 0 Å². The van der Waals surface area contributed by atoms with Crippen molar-refractivity contribution in [1.82, 2.24) is 4.72 Å². The van der Waals surface area contributed by atoms with Crippen LogP contribution in [0.1, 0.15) is 25.0 Å². The number of nitrogens with one attached hydrogen (secondary N) is 1. The molecule has 0 aromatic heterocycles. The summed E-state index contributed by atoms with van der Waals surface area (Å²) in [5.41, 5.74) is 0.956. The van der Waals surface area contributed by atoms with Gasteiger partial charge in [-0.1, -0.05) is 28.1 Å². The Labute approximate surface area is 170 Å². The summed E-state index contributed by atoms with van der Waals surface area (Å²) in [4.78, 5) is 11.5. The highest BCUT2D eigenvalue weighted by Gasteiger charge is 2.55. The SMILES string of the molecule is CCOP(=O)(OCC)C(F)(F)c1ccc(CC(NS(C)(=O)=O)C(N)=O)cc1Br. The fourth-order valence-electron chi connectivity index (χ4n) is 2.31. The van der Waals surface area contributed by atoms with Gasteiger partial charge in [0, 0.05) is 10.0 Å². The summed E-state index contributed by atoms with van der Waals surface area (Å²) in [5, 5.41) is 0. The van der Waals surface area contributed by atoms with Gasteiger partial charge in [0.2, 0.25) is 15.9 Å². The number of benzene rings is 1. The zero-order valence-electron chi connectivity index (χ0n) is 15.4. The summed E-state index contributed by atoms with van der Waals surface area (Å²) in [5.74, 6) is -0.923. The van der Waals surface area contributed by atoms with E-state index in [1.54, 1.807) is 0 Å². The first-order valence-electron chi connectivity index (χ1n) is 8.10. The monoisotopic (exact) mass is 506 g/mol. The second-order valence-corrected chi connectivity index (χ2v) is 10.4. The smallest absolute Gasteiger partial charge is 0.368 e. The number of carbonyl (C=O) groups excluding carboxylic acids is 1. The Morgan fingerprint density at radius 3 is 2.25 bits per heavy atom. The van der Waals surface area contributed by atoms with Crippen molar-refractivity contribution < 1.29 is 35.6 Å². The Morgan fingerprint density at radius 1 is 1.32 bits per heavy atom. The molecule has 1 aromatic rings. The molecule has 0 spiro atoms. The maximum absolute atomic E-state index is 14.9. The van der Waals surface area contributed by atoms with Crippen molar-refractivity contribution in [3.05, 3.63) is 33.8 Å². The standard InChI is InChI=1S/C15H22BrF2N2O6PS/c1-4-25-27(22,26-5-2)15(17,18)11-7-6-10(8-12(11)16)9-13(14(19)21)20-28(3,23)24/h6-8,13,20H,4-5,9H2,1-3H3,(H2,19,21). The molecular formula is C15H22BrF2N2O6PS. The normalized spacial score (nSPS) is 14.1. The van der Waals surface area contributed by atoms with Crippen molar-refractivity contribution in [3.8, 4) is 0 Å². The molecule has 0 heterocycles. The third-order valence-corrected chi connectivity index (χ3v) is 6.93. The predicted molar refractivity (Wildman–Crippen MR) is 104 cm³/mol. The van der Waals surface area contributed by atoms with Crippen LogP contribution < -0.4 is 10.5 Å². The van der Waals surface area contributed by atoms with Crippen LogP contribution in [-0.2, 0) is 40.5 Å². The Morgan fingerprint density at radius 2 is 1.86 bits per heavy atom. The van der Waals surface area contributed by atoms with Crippen LogP contribution in [0.3, 0.4) is 0 Å². The van der Waals surface area contributed by atoms with E-state index in [0.717, 1.165) is 12.3 Å². The van der Waals surface area contributed by atoms with Crippen molar-refractivity contribution >= 4 is 39.5 Å². The maximum atomic E-state index is 14.9. The zero-order chi connectivity index (χ0) is 21.8. The van der Waals surface area contributed by atoms with E-state index in [-0.39, 0.29) is 24.1 Å². The first-order valence-corrected chi connectivity index (χ1v) is 12.3. The molecule has 13 heteroatoms. The summed E-state index contributed by atoms with van der Waals surface area (Å²) in [6, 6.07) is 2.25. The molecule has 8 nitrogen and oxygen atoms in total. The van der Waals surface area contributed by atoms with Crippen LogP contribution in [0.4, 0.5) is 8.78 Å². The largest absolute Gasteiger partial charge is 0.404 e. The van der Waals surface area contributed by atoms with Gasteiger partial charge in [0.1, 0.15) is 6.04 Å². The number of hydrogen-bond acceptors (Lipinski definition) is 6. The molecule has 28 heavy (non-hydrogen) atoms. The number of amides is 1. The number of halogens is 3. The van der Waals surface area contributed by atoms with Crippen LogP contribution in [0, 0.1) is 0 Å². The van der Waals surface area contributed by atoms with Gasteiger partial charge in [-0.25, -0.2) is 13.1 Å². The van der Waals surface area contributed by atoms with Crippen molar-refractivity contribution in [2.75, 3.05) is 19.5 Å². The number of carbonyl (C=O) groups is 1. The molecule has 1 atom stereocenters. The minimum Gasteiger partial charge on any atom is -0.368 e. The molecule has 0 fully saturated rings. The summed E-state index contributed by atoms with van der Waals surface area (Å²) in [7, 11) is -8.50. The molecule has 3 N–H and O–H groups in total. The van der Waals surface area contributed by atoms with Gasteiger partial charge in [-0.3, -0.25) is 9.36 Å². The average molecular weight is 507 g/mol. The lowest BCUT2D eigenvalue weighted by molar-refractivity contribution is -0.119. The van der Waals surface area contributed by atoms with Gasteiger partial charge >= 0.3 is 13.3 Å². The van der Waals surface area contributed by atoms with Crippen molar-refractivity contribution in [1.29, 1.82) is 0 Å². The van der Waals surface area contributed by atoms with Crippen LogP contribution in [0.5, 0.6) is 0 Å². The van der Waals surface area contributed by atoms with E-state index >= 15 is 0 Å². The lowest BCUT2D eigenvalue weighted by atomic mass is 10.0. The number of hydrogen-bond donors (Lipinski definition) is 2. The molecule has 0 saturated carbocycles. The average Bonchev–Trinajstić information content (AvgIpc) is 2.53. The number of alkyl halides is 2. The molecule has 1 unspecified atom stereocenters. The Hall–Kier alpha value is -0.910. The van der Waals surface area contributed by atoms with Crippen LogP contribution in [0.25, 0.3) is 0 Å². The van der Waals surface area contributed by atoms with Gasteiger partial charge < -0.3 is 14.8 Å². The molecule has 1 rings (SSSR count). The maximum Gasteiger partial charge on any atom is 0.404 e.